The number of aliphatic carboxylic acids is 1. The normalized spacial score (nSPS) is 42.7. The number of allylic oxidation sites excluding steroid dienone is 3. The molecule has 5 aliphatic rings. The zero-order valence-electron chi connectivity index (χ0n) is 20.4. The van der Waals surface area contributed by atoms with E-state index in [0.717, 1.165) is 19.3 Å². The van der Waals surface area contributed by atoms with Crippen molar-refractivity contribution in [2.45, 2.75) is 97.8 Å². The molecule has 1 unspecified atom stereocenters. The second-order valence-corrected chi connectivity index (χ2v) is 12.4. The van der Waals surface area contributed by atoms with Gasteiger partial charge in [0.2, 0.25) is 0 Å². The van der Waals surface area contributed by atoms with Gasteiger partial charge in [-0.1, -0.05) is 46.1 Å². The third-order valence-electron chi connectivity index (χ3n) is 11.2. The molecule has 0 radical (unpaired) electrons. The maximum atomic E-state index is 13.8. The monoisotopic (exact) mass is 438 g/mol. The molecule has 0 amide bonds. The number of rotatable bonds is 4. The Labute approximate surface area is 194 Å². The molecule has 0 bridgehead atoms. The van der Waals surface area contributed by atoms with Crippen molar-refractivity contribution in [3.05, 3.63) is 23.3 Å². The Hall–Kier alpha value is -1.38. The van der Waals surface area contributed by atoms with Crippen molar-refractivity contribution in [3.63, 3.8) is 0 Å². The summed E-state index contributed by atoms with van der Waals surface area (Å²) in [5.41, 5.74) is 2.14. The molecule has 1 N–H and O–H groups in total. The molecule has 0 saturated heterocycles. The Kier molecular flexibility index (Phi) is 5.70. The van der Waals surface area contributed by atoms with Crippen LogP contribution in [0.3, 0.4) is 0 Å². The minimum absolute atomic E-state index is 0.112. The van der Waals surface area contributed by atoms with E-state index in [0.29, 0.717) is 41.4 Å². The highest BCUT2D eigenvalue weighted by atomic mass is 16.4. The van der Waals surface area contributed by atoms with Crippen LogP contribution in [-0.4, -0.2) is 16.9 Å². The topological polar surface area (TPSA) is 54.4 Å². The van der Waals surface area contributed by atoms with Gasteiger partial charge in [0.1, 0.15) is 5.78 Å². The maximum absolute atomic E-state index is 13.8. The summed E-state index contributed by atoms with van der Waals surface area (Å²) in [6.07, 6.45) is 18.2. The molecule has 3 saturated carbocycles. The number of hydrogen-bond donors (Lipinski definition) is 1. The van der Waals surface area contributed by atoms with Crippen molar-refractivity contribution in [2.75, 3.05) is 0 Å². The molecule has 0 aromatic heterocycles. The zero-order chi connectivity index (χ0) is 22.7. The Balaban J connectivity index is 1.37. The fraction of sp³-hybridized carbons (Fsp3) is 0.793. The summed E-state index contributed by atoms with van der Waals surface area (Å²) in [4.78, 5) is 25.3. The third-order valence-corrected chi connectivity index (χ3v) is 11.2. The van der Waals surface area contributed by atoms with Gasteiger partial charge in [-0.05, 0) is 104 Å². The number of carbonyl (C=O) groups is 2. The molecule has 7 atom stereocenters. The molecule has 0 aromatic rings. The molecule has 0 aromatic carbocycles. The van der Waals surface area contributed by atoms with E-state index >= 15 is 0 Å². The van der Waals surface area contributed by atoms with Crippen LogP contribution in [0.25, 0.3) is 0 Å². The summed E-state index contributed by atoms with van der Waals surface area (Å²) >= 11 is 0. The second kappa shape index (κ2) is 8.13. The van der Waals surface area contributed by atoms with Crippen molar-refractivity contribution < 1.29 is 14.7 Å². The first-order chi connectivity index (χ1) is 15.3. The predicted octanol–water partition coefficient (Wildman–Crippen LogP) is 6.97. The lowest BCUT2D eigenvalue weighted by atomic mass is 9.47. The molecule has 176 valence electrons. The van der Waals surface area contributed by atoms with Crippen molar-refractivity contribution >= 4 is 11.8 Å². The highest BCUT2D eigenvalue weighted by Gasteiger charge is 2.60. The van der Waals surface area contributed by atoms with E-state index in [4.69, 9.17) is 0 Å². The van der Waals surface area contributed by atoms with E-state index in [1.165, 1.54) is 56.9 Å². The molecular weight excluding hydrogens is 396 g/mol. The summed E-state index contributed by atoms with van der Waals surface area (Å²) in [5.74, 6) is 2.89. The van der Waals surface area contributed by atoms with Crippen molar-refractivity contribution in [1.29, 1.82) is 0 Å². The van der Waals surface area contributed by atoms with Crippen LogP contribution in [0, 0.1) is 46.3 Å². The van der Waals surface area contributed by atoms with E-state index < -0.39 is 5.97 Å². The van der Waals surface area contributed by atoms with Crippen LogP contribution < -0.4 is 0 Å². The zero-order valence-corrected chi connectivity index (χ0v) is 20.4. The van der Waals surface area contributed by atoms with Gasteiger partial charge in [0.25, 0.3) is 0 Å². The van der Waals surface area contributed by atoms with E-state index in [9.17, 15) is 14.7 Å². The number of fused-ring (bicyclic) bond motifs is 5. The summed E-state index contributed by atoms with van der Waals surface area (Å²) in [7, 11) is 0. The number of Topliss-reactive ketones (excluding diaryl/α,β-unsaturated/α-hetero) is 1. The summed E-state index contributed by atoms with van der Waals surface area (Å²) < 4.78 is 0. The first-order valence-electron chi connectivity index (χ1n) is 13.4. The van der Waals surface area contributed by atoms with Gasteiger partial charge >= 0.3 is 5.97 Å². The SMILES string of the molecule is CC(C(=O)[C@H]1CC[C@H]2[C@@H]3CC=C4C=C(C(=O)O)CC[C@]4(C)[C@H]3CC[C@]12C)C1CCCCC1. The summed E-state index contributed by atoms with van der Waals surface area (Å²) in [6, 6.07) is 0. The molecule has 3 heteroatoms. The molecular formula is C29H42O3. The van der Waals surface area contributed by atoms with Crippen LogP contribution in [0.5, 0.6) is 0 Å². The van der Waals surface area contributed by atoms with Gasteiger partial charge in [0.15, 0.2) is 0 Å². The van der Waals surface area contributed by atoms with Crippen molar-refractivity contribution in [3.8, 4) is 0 Å². The van der Waals surface area contributed by atoms with Crippen LogP contribution in [-0.2, 0) is 9.59 Å². The third kappa shape index (κ3) is 3.36. The quantitative estimate of drug-likeness (QED) is 0.515. The molecule has 5 aliphatic carbocycles. The highest BCUT2D eigenvalue weighted by Crippen LogP contribution is 2.66. The van der Waals surface area contributed by atoms with E-state index in [2.05, 4.69) is 26.8 Å². The highest BCUT2D eigenvalue weighted by molar-refractivity contribution is 5.87. The lowest BCUT2D eigenvalue weighted by Gasteiger charge is -2.57. The number of carboxylic acid groups (broad SMARTS) is 1. The first-order valence-corrected chi connectivity index (χ1v) is 13.4. The molecule has 3 fully saturated rings. The van der Waals surface area contributed by atoms with Crippen LogP contribution in [0.1, 0.15) is 97.8 Å². The summed E-state index contributed by atoms with van der Waals surface area (Å²) in [5, 5.41) is 9.49. The Bertz CT molecular complexity index is 846. The molecule has 5 rings (SSSR count). The fourth-order valence-electron chi connectivity index (χ4n) is 9.15. The van der Waals surface area contributed by atoms with Crippen LogP contribution in [0.2, 0.25) is 0 Å². The van der Waals surface area contributed by atoms with Crippen molar-refractivity contribution in [2.24, 2.45) is 46.3 Å². The number of carboxylic acids is 1. The standard InChI is InChI=1S/C29H42O3/c1-18(19-7-5-4-6-8-19)26(30)25-12-11-23-22-10-9-21-17-20(27(31)32)13-15-28(21,2)24(22)14-16-29(23,25)3/h9,17-19,22-25H,4-8,10-16H2,1-3H3,(H,31,32)/t18?,22-,23-,24-,25+,28-,29-/m0/s1. The predicted molar refractivity (Wildman–Crippen MR) is 127 cm³/mol. The largest absolute Gasteiger partial charge is 0.478 e. The first kappa shape index (κ1) is 22.4. The average Bonchev–Trinajstić information content (AvgIpc) is 3.15. The van der Waals surface area contributed by atoms with Gasteiger partial charge in [-0.25, -0.2) is 4.79 Å². The molecule has 0 aliphatic heterocycles. The van der Waals surface area contributed by atoms with Gasteiger partial charge in [-0.3, -0.25) is 4.79 Å². The van der Waals surface area contributed by atoms with Crippen LogP contribution in [0.4, 0.5) is 0 Å². The summed E-state index contributed by atoms with van der Waals surface area (Å²) in [6.45, 7) is 7.10. The van der Waals surface area contributed by atoms with Gasteiger partial charge in [-0.2, -0.15) is 0 Å². The van der Waals surface area contributed by atoms with Crippen LogP contribution in [0.15, 0.2) is 23.3 Å². The number of hydrogen-bond acceptors (Lipinski definition) is 2. The van der Waals surface area contributed by atoms with Crippen LogP contribution >= 0.6 is 0 Å². The minimum atomic E-state index is -0.754. The van der Waals surface area contributed by atoms with Crippen molar-refractivity contribution in [1.82, 2.24) is 0 Å². The number of ketones is 1. The lowest BCUT2D eigenvalue weighted by molar-refractivity contribution is -0.135. The smallest absolute Gasteiger partial charge is 0.331 e. The maximum Gasteiger partial charge on any atom is 0.331 e. The molecule has 0 spiro atoms. The average molecular weight is 439 g/mol. The second-order valence-electron chi connectivity index (χ2n) is 12.4. The molecule has 32 heavy (non-hydrogen) atoms. The van der Waals surface area contributed by atoms with Gasteiger partial charge in [0.05, 0.1) is 0 Å². The van der Waals surface area contributed by atoms with E-state index in [1.807, 2.05) is 6.08 Å². The van der Waals surface area contributed by atoms with Gasteiger partial charge < -0.3 is 5.11 Å². The fourth-order valence-corrected chi connectivity index (χ4v) is 9.15. The Morgan fingerprint density at radius 3 is 2.47 bits per heavy atom. The van der Waals surface area contributed by atoms with Gasteiger partial charge in [0, 0.05) is 17.4 Å². The molecule has 3 nitrogen and oxygen atoms in total. The van der Waals surface area contributed by atoms with E-state index in [-0.39, 0.29) is 22.7 Å². The molecule has 0 heterocycles. The van der Waals surface area contributed by atoms with Gasteiger partial charge in [-0.15, -0.1) is 0 Å². The number of carbonyl (C=O) groups excluding carboxylic acids is 1. The Morgan fingerprint density at radius 1 is 1.00 bits per heavy atom. The lowest BCUT2D eigenvalue weighted by Crippen LogP contribution is -2.50. The van der Waals surface area contributed by atoms with E-state index in [1.54, 1.807) is 0 Å². The minimum Gasteiger partial charge on any atom is -0.478 e. The Morgan fingerprint density at radius 2 is 1.75 bits per heavy atom.